The quantitative estimate of drug-likeness (QED) is 0.653. The number of hydrogen-bond acceptors (Lipinski definition) is 5. The lowest BCUT2D eigenvalue weighted by molar-refractivity contribution is -0.138. The van der Waals surface area contributed by atoms with E-state index in [1.54, 1.807) is 35.2 Å². The van der Waals surface area contributed by atoms with Gasteiger partial charge in [-0.1, -0.05) is 24.3 Å². The summed E-state index contributed by atoms with van der Waals surface area (Å²) in [5, 5.41) is 10.1. The fourth-order valence-electron chi connectivity index (χ4n) is 4.07. The molecule has 1 aliphatic heterocycles. The zero-order valence-corrected chi connectivity index (χ0v) is 17.7. The monoisotopic (exact) mass is 425 g/mol. The highest BCUT2D eigenvalue weighted by Gasteiger charge is 2.47. The Morgan fingerprint density at radius 2 is 1.97 bits per heavy atom. The van der Waals surface area contributed by atoms with Gasteiger partial charge in [0, 0.05) is 27.2 Å². The molecule has 0 aliphatic carbocycles. The summed E-state index contributed by atoms with van der Waals surface area (Å²) < 4.78 is 0. The summed E-state index contributed by atoms with van der Waals surface area (Å²) in [5.74, 6) is -0.418. The second kappa shape index (κ2) is 7.91. The summed E-state index contributed by atoms with van der Waals surface area (Å²) >= 11 is 1.66. The molecule has 2 aromatic heterocycles. The lowest BCUT2D eigenvalue weighted by atomic mass is 9.79. The van der Waals surface area contributed by atoms with Crippen LogP contribution in [0.2, 0.25) is 0 Å². The Hall–Kier alpha value is -3.20. The fourth-order valence-corrected chi connectivity index (χ4v) is 4.74. The van der Waals surface area contributed by atoms with Crippen LogP contribution in [0.3, 0.4) is 0 Å². The van der Waals surface area contributed by atoms with Gasteiger partial charge in [-0.05, 0) is 46.4 Å². The molecule has 1 aliphatic rings. The molecule has 1 fully saturated rings. The molecule has 8 nitrogen and oxygen atoms in total. The van der Waals surface area contributed by atoms with Crippen molar-refractivity contribution in [3.05, 3.63) is 63.0 Å². The van der Waals surface area contributed by atoms with E-state index in [1.165, 1.54) is 5.56 Å². The largest absolute Gasteiger partial charge is 0.348 e. The number of carbonyl (C=O) groups is 2. The molecule has 0 radical (unpaired) electrons. The highest BCUT2D eigenvalue weighted by Crippen LogP contribution is 2.37. The zero-order chi connectivity index (χ0) is 21.3. The van der Waals surface area contributed by atoms with Crippen LogP contribution in [-0.2, 0) is 11.2 Å². The van der Waals surface area contributed by atoms with Crippen LogP contribution in [0.1, 0.15) is 22.6 Å². The minimum absolute atomic E-state index is 0.00441. The predicted molar refractivity (Wildman–Crippen MR) is 114 cm³/mol. The van der Waals surface area contributed by atoms with Crippen LogP contribution in [0.15, 0.2) is 45.9 Å². The molecule has 2 amide bonds. The summed E-state index contributed by atoms with van der Waals surface area (Å²) in [6, 6.07) is 10.3. The molecule has 1 aromatic carbocycles. The molecule has 0 bridgehead atoms. The van der Waals surface area contributed by atoms with Gasteiger partial charge in [-0.3, -0.25) is 14.6 Å². The number of rotatable bonds is 5. The first-order chi connectivity index (χ1) is 14.4. The fraction of sp³-hybridized carbons (Fsp3) is 0.333. The third-order valence-electron chi connectivity index (χ3n) is 5.56. The molecule has 4 rings (SSSR count). The van der Waals surface area contributed by atoms with Crippen LogP contribution < -0.4 is 5.69 Å². The number of aromatic nitrogens is 3. The van der Waals surface area contributed by atoms with Crippen molar-refractivity contribution in [2.75, 3.05) is 27.2 Å². The number of carbonyl (C=O) groups excluding carboxylic acids is 2. The smallest absolute Gasteiger partial charge is 0.341 e. The second-order valence-electron chi connectivity index (χ2n) is 7.87. The number of nitrogens with one attached hydrogen (secondary N) is 2. The van der Waals surface area contributed by atoms with Gasteiger partial charge in [0.1, 0.15) is 0 Å². The number of hydrogen-bond donors (Lipinski definition) is 2. The summed E-state index contributed by atoms with van der Waals surface area (Å²) in [6.07, 6.45) is 1.09. The van der Waals surface area contributed by atoms with Crippen LogP contribution >= 0.6 is 11.3 Å². The van der Waals surface area contributed by atoms with Crippen molar-refractivity contribution < 1.29 is 9.59 Å². The van der Waals surface area contributed by atoms with Crippen molar-refractivity contribution in [2.24, 2.45) is 5.41 Å². The summed E-state index contributed by atoms with van der Waals surface area (Å²) in [6.45, 7) is 0.713. The molecule has 30 heavy (non-hydrogen) atoms. The second-order valence-corrected chi connectivity index (χ2v) is 8.65. The maximum atomic E-state index is 13.1. The third-order valence-corrected chi connectivity index (χ3v) is 6.24. The van der Waals surface area contributed by atoms with Gasteiger partial charge >= 0.3 is 5.69 Å². The standard InChI is InChI=1S/C21H23N5O3S/c1-25(2)19(28)21(8-9-26(13-21)18(27)17-22-20(29)24-23-17)11-14-3-5-15(6-4-14)16-7-10-30-12-16/h3-7,10,12H,8-9,11,13H2,1-2H3,(H2,22,23,24,29)/t21-/m0/s1. The van der Waals surface area contributed by atoms with E-state index in [-0.39, 0.29) is 24.2 Å². The molecule has 1 atom stereocenters. The lowest BCUT2D eigenvalue weighted by Gasteiger charge is -2.31. The average Bonchev–Trinajstić information content (AvgIpc) is 3.49. The molecule has 2 N–H and O–H groups in total. The predicted octanol–water partition coefficient (Wildman–Crippen LogP) is 1.99. The number of benzene rings is 1. The molecule has 0 unspecified atom stereocenters. The van der Waals surface area contributed by atoms with Gasteiger partial charge in [0.25, 0.3) is 5.91 Å². The molecule has 156 valence electrons. The summed E-state index contributed by atoms with van der Waals surface area (Å²) in [5.41, 5.74) is 2.13. The normalized spacial score (nSPS) is 18.5. The highest BCUT2D eigenvalue weighted by molar-refractivity contribution is 7.08. The van der Waals surface area contributed by atoms with Crippen LogP contribution in [0.5, 0.6) is 0 Å². The van der Waals surface area contributed by atoms with Crippen LogP contribution in [0.4, 0.5) is 0 Å². The Labute approximate surface area is 177 Å². The Kier molecular flexibility index (Phi) is 5.29. The van der Waals surface area contributed by atoms with Gasteiger partial charge in [0.05, 0.1) is 5.41 Å². The van der Waals surface area contributed by atoms with Crippen molar-refractivity contribution in [3.63, 3.8) is 0 Å². The van der Waals surface area contributed by atoms with Gasteiger partial charge in [0.15, 0.2) is 0 Å². The van der Waals surface area contributed by atoms with E-state index in [9.17, 15) is 14.4 Å². The Morgan fingerprint density at radius 3 is 2.57 bits per heavy atom. The first kappa shape index (κ1) is 20.1. The number of likely N-dealkylation sites (tertiary alicyclic amines) is 1. The Balaban J connectivity index is 1.57. The molecule has 3 heterocycles. The maximum Gasteiger partial charge on any atom is 0.341 e. The van der Waals surface area contributed by atoms with Gasteiger partial charge in [-0.25, -0.2) is 9.89 Å². The van der Waals surface area contributed by atoms with Gasteiger partial charge in [-0.15, -0.1) is 5.10 Å². The molecule has 0 saturated carbocycles. The van der Waals surface area contributed by atoms with Crippen LogP contribution in [0, 0.1) is 5.41 Å². The molecule has 3 aromatic rings. The summed E-state index contributed by atoms with van der Waals surface area (Å²) in [7, 11) is 3.47. The average molecular weight is 426 g/mol. The van der Waals surface area contributed by atoms with Crippen LogP contribution in [0.25, 0.3) is 11.1 Å². The van der Waals surface area contributed by atoms with E-state index in [2.05, 4.69) is 38.8 Å². The SMILES string of the molecule is CN(C)C(=O)[C@]1(Cc2ccc(-c3ccsc3)cc2)CCN(C(=O)c2n[nH]c(=O)[nH]2)C1. The van der Waals surface area contributed by atoms with Crippen molar-refractivity contribution in [3.8, 4) is 11.1 Å². The minimum Gasteiger partial charge on any atom is -0.348 e. The van der Waals surface area contributed by atoms with Crippen molar-refractivity contribution in [1.82, 2.24) is 25.0 Å². The van der Waals surface area contributed by atoms with E-state index in [4.69, 9.17) is 0 Å². The number of aromatic amines is 2. The number of thiophene rings is 1. The molecular formula is C21H23N5O3S. The van der Waals surface area contributed by atoms with E-state index in [1.807, 2.05) is 17.5 Å². The third kappa shape index (κ3) is 3.80. The van der Waals surface area contributed by atoms with E-state index >= 15 is 0 Å². The first-order valence-electron chi connectivity index (χ1n) is 9.65. The van der Waals surface area contributed by atoms with Gasteiger partial charge < -0.3 is 9.80 Å². The molecular weight excluding hydrogens is 402 g/mol. The van der Waals surface area contributed by atoms with E-state index < -0.39 is 11.1 Å². The maximum absolute atomic E-state index is 13.1. The van der Waals surface area contributed by atoms with Gasteiger partial charge in [0.2, 0.25) is 11.7 Å². The molecule has 1 saturated heterocycles. The topological polar surface area (TPSA) is 102 Å². The zero-order valence-electron chi connectivity index (χ0n) is 16.8. The minimum atomic E-state index is -0.709. The van der Waals surface area contributed by atoms with Crippen molar-refractivity contribution in [2.45, 2.75) is 12.8 Å². The Bertz CT molecular complexity index is 1100. The number of amides is 2. The van der Waals surface area contributed by atoms with Crippen molar-refractivity contribution in [1.29, 1.82) is 0 Å². The van der Waals surface area contributed by atoms with Crippen LogP contribution in [-0.4, -0.2) is 64.0 Å². The first-order valence-corrected chi connectivity index (χ1v) is 10.6. The lowest BCUT2D eigenvalue weighted by Crippen LogP contribution is -2.44. The number of nitrogens with zero attached hydrogens (tertiary/aromatic N) is 3. The van der Waals surface area contributed by atoms with Gasteiger partial charge in [-0.2, -0.15) is 11.3 Å². The number of H-pyrrole nitrogens is 2. The van der Waals surface area contributed by atoms with Crippen molar-refractivity contribution >= 4 is 23.2 Å². The Morgan fingerprint density at radius 1 is 1.20 bits per heavy atom. The molecule has 9 heteroatoms. The summed E-state index contributed by atoms with van der Waals surface area (Å²) in [4.78, 5) is 42.7. The highest BCUT2D eigenvalue weighted by atomic mass is 32.1. The molecule has 0 spiro atoms. The van der Waals surface area contributed by atoms with E-state index in [0.29, 0.717) is 19.4 Å². The van der Waals surface area contributed by atoms with E-state index in [0.717, 1.165) is 11.1 Å².